The van der Waals surface area contributed by atoms with E-state index in [9.17, 15) is 9.63 Å². The molecule has 1 N–H and O–H groups in total. The quantitative estimate of drug-likeness (QED) is 0.272. The van der Waals surface area contributed by atoms with E-state index in [4.69, 9.17) is 11.6 Å². The number of hydrogen-bond donors (Lipinski definition) is 1. The maximum absolute atomic E-state index is 12.3. The molecule has 1 aromatic heterocycles. The first-order valence-electron chi connectivity index (χ1n) is 7.44. The van der Waals surface area contributed by atoms with Crippen LogP contribution in [0.25, 0.3) is 0 Å². The van der Waals surface area contributed by atoms with Crippen LogP contribution < -0.4 is 4.90 Å². The number of nitrogens with zero attached hydrogens (tertiary/aromatic N) is 3. The molecule has 0 spiro atoms. The third-order valence-electron chi connectivity index (χ3n) is 3.85. The minimum atomic E-state index is -0.926. The van der Waals surface area contributed by atoms with E-state index in [0.29, 0.717) is 28.1 Å². The lowest BCUT2D eigenvalue weighted by molar-refractivity contribution is -0.0764. The molecule has 8 heteroatoms. The van der Waals surface area contributed by atoms with Crippen molar-refractivity contribution in [2.24, 2.45) is 0 Å². The van der Waals surface area contributed by atoms with E-state index < -0.39 is 6.23 Å². The van der Waals surface area contributed by atoms with E-state index in [2.05, 4.69) is 21.5 Å². The molecule has 0 bridgehead atoms. The molecular formula is C17H19ClFN3O2S. The SMILES string of the molecule is C=C/C(=C\C=C(/C)C1=CCc2c(Cl)nc(SC)nc2N(C)C1O)OF. The second-order valence-electron chi connectivity index (χ2n) is 5.35. The Kier molecular flexibility index (Phi) is 6.64. The Morgan fingerprint density at radius 1 is 1.52 bits per heavy atom. The van der Waals surface area contributed by atoms with Gasteiger partial charge in [-0.25, -0.2) is 9.97 Å². The van der Waals surface area contributed by atoms with Crippen LogP contribution in [0.3, 0.4) is 0 Å². The highest BCUT2D eigenvalue weighted by molar-refractivity contribution is 7.98. The average Bonchev–Trinajstić information content (AvgIpc) is 2.74. The molecule has 1 atom stereocenters. The highest BCUT2D eigenvalue weighted by Crippen LogP contribution is 2.33. The van der Waals surface area contributed by atoms with Gasteiger partial charge in [0, 0.05) is 22.7 Å². The highest BCUT2D eigenvalue weighted by atomic mass is 35.5. The Labute approximate surface area is 155 Å². The molecule has 0 saturated heterocycles. The molecule has 0 fully saturated rings. The Balaban J connectivity index is 2.42. The summed E-state index contributed by atoms with van der Waals surface area (Å²) in [7, 11) is 1.74. The summed E-state index contributed by atoms with van der Waals surface area (Å²) in [6.45, 7) is 5.27. The highest BCUT2D eigenvalue weighted by Gasteiger charge is 2.26. The summed E-state index contributed by atoms with van der Waals surface area (Å²) in [6, 6.07) is 0. The monoisotopic (exact) mass is 383 g/mol. The summed E-state index contributed by atoms with van der Waals surface area (Å²) >= 11 is 7.66. The zero-order chi connectivity index (χ0) is 18.6. The van der Waals surface area contributed by atoms with Crippen molar-refractivity contribution < 1.29 is 14.6 Å². The lowest BCUT2D eigenvalue weighted by Gasteiger charge is -2.26. The number of thioether (sulfide) groups is 1. The predicted octanol–water partition coefficient (Wildman–Crippen LogP) is 4.01. The summed E-state index contributed by atoms with van der Waals surface area (Å²) < 4.78 is 12.3. The molecule has 1 aliphatic heterocycles. The fourth-order valence-electron chi connectivity index (χ4n) is 2.42. The number of hydrogen-bond acceptors (Lipinski definition) is 6. The Morgan fingerprint density at radius 2 is 2.24 bits per heavy atom. The van der Waals surface area contributed by atoms with E-state index >= 15 is 0 Å². The van der Waals surface area contributed by atoms with Crippen LogP contribution in [0.5, 0.6) is 0 Å². The van der Waals surface area contributed by atoms with Gasteiger partial charge in [-0.2, -0.15) is 0 Å². The van der Waals surface area contributed by atoms with Gasteiger partial charge in [-0.05, 0) is 37.3 Å². The van der Waals surface area contributed by atoms with Crippen LogP contribution in [0, 0.1) is 0 Å². The van der Waals surface area contributed by atoms with Crippen LogP contribution in [-0.4, -0.2) is 34.6 Å². The number of halogens is 2. The van der Waals surface area contributed by atoms with Crippen LogP contribution in [0.1, 0.15) is 12.5 Å². The van der Waals surface area contributed by atoms with Crippen molar-refractivity contribution in [3.8, 4) is 0 Å². The van der Waals surface area contributed by atoms with Gasteiger partial charge in [-0.1, -0.05) is 42.1 Å². The molecule has 5 nitrogen and oxygen atoms in total. The molecule has 0 radical (unpaired) electrons. The van der Waals surface area contributed by atoms with E-state index in [1.807, 2.05) is 19.3 Å². The second-order valence-corrected chi connectivity index (χ2v) is 6.48. The largest absolute Gasteiger partial charge is 0.369 e. The van der Waals surface area contributed by atoms with E-state index in [0.717, 1.165) is 11.1 Å². The van der Waals surface area contributed by atoms with Crippen molar-refractivity contribution in [3.05, 3.63) is 58.5 Å². The fourth-order valence-corrected chi connectivity index (χ4v) is 3.07. The van der Waals surface area contributed by atoms with Crippen LogP contribution in [0.15, 0.2) is 52.9 Å². The number of aliphatic hydroxyl groups is 1. The van der Waals surface area contributed by atoms with Gasteiger partial charge in [0.2, 0.25) is 0 Å². The lowest BCUT2D eigenvalue weighted by atomic mass is 10.0. The summed E-state index contributed by atoms with van der Waals surface area (Å²) in [5.41, 5.74) is 2.16. The zero-order valence-electron chi connectivity index (χ0n) is 14.2. The minimum Gasteiger partial charge on any atom is -0.369 e. The molecule has 2 heterocycles. The van der Waals surface area contributed by atoms with Gasteiger partial charge in [-0.3, -0.25) is 4.94 Å². The Bertz CT molecular complexity index is 765. The molecule has 0 aromatic carbocycles. The van der Waals surface area contributed by atoms with Gasteiger partial charge in [0.1, 0.15) is 11.0 Å². The zero-order valence-corrected chi connectivity index (χ0v) is 15.7. The van der Waals surface area contributed by atoms with Gasteiger partial charge in [0.05, 0.1) is 0 Å². The second kappa shape index (κ2) is 8.51. The van der Waals surface area contributed by atoms with Gasteiger partial charge < -0.3 is 10.0 Å². The van der Waals surface area contributed by atoms with E-state index in [1.54, 1.807) is 18.0 Å². The van der Waals surface area contributed by atoms with Crippen molar-refractivity contribution in [1.29, 1.82) is 0 Å². The molecule has 0 amide bonds. The summed E-state index contributed by atoms with van der Waals surface area (Å²) in [5.74, 6) is 0.573. The van der Waals surface area contributed by atoms with Crippen LogP contribution in [0.4, 0.5) is 10.3 Å². The third kappa shape index (κ3) is 4.23. The maximum atomic E-state index is 12.3. The normalized spacial score (nSPS) is 18.4. The third-order valence-corrected chi connectivity index (χ3v) is 4.71. The van der Waals surface area contributed by atoms with Crippen molar-refractivity contribution in [1.82, 2.24) is 9.97 Å². The molecule has 1 aromatic rings. The lowest BCUT2D eigenvalue weighted by Crippen LogP contribution is -2.34. The average molecular weight is 384 g/mol. The van der Waals surface area contributed by atoms with Gasteiger partial charge in [-0.15, -0.1) is 0 Å². The molecule has 134 valence electrons. The van der Waals surface area contributed by atoms with Crippen LogP contribution in [0.2, 0.25) is 5.15 Å². The smallest absolute Gasteiger partial charge is 0.190 e. The van der Waals surface area contributed by atoms with E-state index in [1.165, 1.54) is 23.9 Å². The summed E-state index contributed by atoms with van der Waals surface area (Å²) in [6.07, 6.45) is 7.61. The van der Waals surface area contributed by atoms with Crippen molar-refractivity contribution in [2.75, 3.05) is 18.2 Å². The summed E-state index contributed by atoms with van der Waals surface area (Å²) in [5, 5.41) is 11.6. The molecule has 1 unspecified atom stereocenters. The Hall–Kier alpha value is -1.83. The van der Waals surface area contributed by atoms with Crippen LogP contribution in [-0.2, 0) is 11.4 Å². The van der Waals surface area contributed by atoms with Gasteiger partial charge in [0.25, 0.3) is 0 Å². The molecule has 1 aliphatic rings. The molecule has 25 heavy (non-hydrogen) atoms. The molecule has 2 rings (SSSR count). The fraction of sp³-hybridized carbons (Fsp3) is 0.294. The van der Waals surface area contributed by atoms with Gasteiger partial charge in [0.15, 0.2) is 17.1 Å². The number of allylic oxidation sites excluding steroid dienone is 4. The number of rotatable bonds is 5. The Morgan fingerprint density at radius 3 is 2.84 bits per heavy atom. The number of anilines is 1. The first-order chi connectivity index (χ1) is 11.9. The maximum Gasteiger partial charge on any atom is 0.190 e. The molecule has 0 aliphatic carbocycles. The molecule has 0 saturated carbocycles. The van der Waals surface area contributed by atoms with Gasteiger partial charge >= 0.3 is 0 Å². The first-order valence-corrected chi connectivity index (χ1v) is 9.04. The minimum absolute atomic E-state index is 0.0155. The number of fused-ring (bicyclic) bond motifs is 1. The summed E-state index contributed by atoms with van der Waals surface area (Å²) in [4.78, 5) is 14.0. The number of likely N-dealkylation sites (N-methyl/N-ethyl adjacent to an activating group) is 1. The predicted molar refractivity (Wildman–Crippen MR) is 99.2 cm³/mol. The van der Waals surface area contributed by atoms with E-state index in [-0.39, 0.29) is 5.76 Å². The van der Waals surface area contributed by atoms with Crippen LogP contribution >= 0.6 is 23.4 Å². The number of aromatic nitrogens is 2. The standard InChI is InChI=1S/C17H19ClFN3O2S/c1-5-11(24-19)7-6-10(2)12-8-9-13-14(18)20-17(25-4)21-15(13)22(3)16(12)23/h5-8,16,23H,1,9H2,2-4H3/b10-6+,11-7+. The molecular weight excluding hydrogens is 365 g/mol. The van der Waals surface area contributed by atoms with Crippen molar-refractivity contribution in [2.45, 2.75) is 24.7 Å². The van der Waals surface area contributed by atoms with Crippen molar-refractivity contribution in [3.63, 3.8) is 0 Å². The van der Waals surface area contributed by atoms with Crippen molar-refractivity contribution >= 4 is 29.2 Å². The topological polar surface area (TPSA) is 58.5 Å². The first kappa shape index (κ1) is 19.5. The number of aliphatic hydroxyl groups excluding tert-OH is 1.